The fraction of sp³-hybridized carbons (Fsp3) is 0.412. The van der Waals surface area contributed by atoms with Crippen molar-refractivity contribution in [3.8, 4) is 11.3 Å². The van der Waals surface area contributed by atoms with Crippen LogP contribution in [0.2, 0.25) is 0 Å². The number of aliphatic hydroxyl groups is 1. The van der Waals surface area contributed by atoms with Crippen LogP contribution in [0.5, 0.6) is 0 Å². The Morgan fingerprint density at radius 3 is 2.70 bits per heavy atom. The smallest absolute Gasteiger partial charge is 0.280 e. The monoisotopic (exact) mass is 318 g/mol. The lowest BCUT2D eigenvalue weighted by molar-refractivity contribution is -0.384. The van der Waals surface area contributed by atoms with Gasteiger partial charge in [0, 0.05) is 19.2 Å². The highest BCUT2D eigenvalue weighted by Gasteiger charge is 2.18. The normalized spacial score (nSPS) is 11.6. The predicted molar refractivity (Wildman–Crippen MR) is 88.0 cm³/mol. The fourth-order valence-corrected chi connectivity index (χ4v) is 2.37. The van der Waals surface area contributed by atoms with Gasteiger partial charge in [0.05, 0.1) is 17.0 Å². The van der Waals surface area contributed by atoms with E-state index in [1.54, 1.807) is 24.3 Å². The molecule has 2 N–H and O–H groups in total. The number of nitro benzene ring substituents is 1. The first-order valence-corrected chi connectivity index (χ1v) is 7.57. The Labute approximate surface area is 135 Å². The Kier molecular flexibility index (Phi) is 5.52. The molecule has 0 aliphatic heterocycles. The van der Waals surface area contributed by atoms with Gasteiger partial charge in [-0.3, -0.25) is 10.1 Å². The summed E-state index contributed by atoms with van der Waals surface area (Å²) in [6, 6.07) is 10.1. The zero-order valence-corrected chi connectivity index (χ0v) is 13.4. The van der Waals surface area contributed by atoms with Gasteiger partial charge in [-0.1, -0.05) is 26.0 Å². The molecular weight excluding hydrogens is 296 g/mol. The van der Waals surface area contributed by atoms with Crippen molar-refractivity contribution in [2.75, 3.05) is 13.2 Å². The molecule has 2 rings (SSSR count). The molecule has 6 heteroatoms. The SMILES string of the molecule is CC(C)(CCO)CNCc1ccc(-c2ccccc2[N+](=O)[O-])o1. The number of nitro groups is 1. The van der Waals surface area contributed by atoms with Crippen LogP contribution in [0, 0.1) is 15.5 Å². The molecule has 1 heterocycles. The van der Waals surface area contributed by atoms with Gasteiger partial charge in [0.25, 0.3) is 5.69 Å². The van der Waals surface area contributed by atoms with Crippen LogP contribution < -0.4 is 5.32 Å². The summed E-state index contributed by atoms with van der Waals surface area (Å²) >= 11 is 0. The van der Waals surface area contributed by atoms with Crippen molar-refractivity contribution >= 4 is 5.69 Å². The molecule has 0 aliphatic carbocycles. The van der Waals surface area contributed by atoms with Gasteiger partial charge < -0.3 is 14.8 Å². The van der Waals surface area contributed by atoms with Crippen molar-refractivity contribution < 1.29 is 14.4 Å². The van der Waals surface area contributed by atoms with Crippen LogP contribution in [0.1, 0.15) is 26.0 Å². The molecule has 0 unspecified atom stereocenters. The maximum Gasteiger partial charge on any atom is 0.280 e. The third-order valence-corrected chi connectivity index (χ3v) is 3.72. The summed E-state index contributed by atoms with van der Waals surface area (Å²) in [5.41, 5.74) is 0.511. The van der Waals surface area contributed by atoms with Crippen LogP contribution in [0.15, 0.2) is 40.8 Å². The minimum absolute atomic E-state index is 0.00237. The van der Waals surface area contributed by atoms with Crippen LogP contribution in [0.3, 0.4) is 0 Å². The second-order valence-corrected chi connectivity index (χ2v) is 6.28. The van der Waals surface area contributed by atoms with Gasteiger partial charge in [0.15, 0.2) is 0 Å². The van der Waals surface area contributed by atoms with Crippen molar-refractivity contribution in [2.45, 2.75) is 26.8 Å². The number of nitrogens with one attached hydrogen (secondary N) is 1. The van der Waals surface area contributed by atoms with Crippen molar-refractivity contribution in [1.29, 1.82) is 0 Å². The number of hydrogen-bond acceptors (Lipinski definition) is 5. The molecule has 23 heavy (non-hydrogen) atoms. The third-order valence-electron chi connectivity index (χ3n) is 3.72. The molecule has 0 radical (unpaired) electrons. The standard InChI is InChI=1S/C17H22N2O4/c1-17(2,9-10-20)12-18-11-13-7-8-16(23-13)14-5-3-4-6-15(14)19(21)22/h3-8,18,20H,9-12H2,1-2H3. The Morgan fingerprint density at radius 2 is 2.00 bits per heavy atom. The van der Waals surface area contributed by atoms with Gasteiger partial charge in [-0.2, -0.15) is 0 Å². The molecule has 0 aliphatic rings. The molecule has 124 valence electrons. The largest absolute Gasteiger partial charge is 0.459 e. The van der Waals surface area contributed by atoms with Gasteiger partial charge in [0.1, 0.15) is 11.5 Å². The quantitative estimate of drug-likeness (QED) is 0.575. The summed E-state index contributed by atoms with van der Waals surface area (Å²) < 4.78 is 5.72. The first-order chi connectivity index (χ1) is 10.9. The second-order valence-electron chi connectivity index (χ2n) is 6.28. The molecule has 1 aromatic carbocycles. The van der Waals surface area contributed by atoms with E-state index in [-0.39, 0.29) is 17.7 Å². The first-order valence-electron chi connectivity index (χ1n) is 7.57. The summed E-state index contributed by atoms with van der Waals surface area (Å²) in [4.78, 5) is 10.7. The van der Waals surface area contributed by atoms with Gasteiger partial charge >= 0.3 is 0 Å². The van der Waals surface area contributed by atoms with E-state index in [9.17, 15) is 10.1 Å². The van der Waals surface area contributed by atoms with Crippen LogP contribution in [-0.4, -0.2) is 23.2 Å². The van der Waals surface area contributed by atoms with Crippen LogP contribution in [-0.2, 0) is 6.54 Å². The van der Waals surface area contributed by atoms with Gasteiger partial charge in [-0.25, -0.2) is 0 Å². The summed E-state index contributed by atoms with van der Waals surface area (Å²) in [6.45, 7) is 5.61. The fourth-order valence-electron chi connectivity index (χ4n) is 2.37. The van der Waals surface area contributed by atoms with E-state index in [4.69, 9.17) is 9.52 Å². The van der Waals surface area contributed by atoms with Crippen LogP contribution in [0.25, 0.3) is 11.3 Å². The Morgan fingerprint density at radius 1 is 1.26 bits per heavy atom. The summed E-state index contributed by atoms with van der Waals surface area (Å²) in [7, 11) is 0. The maximum atomic E-state index is 11.1. The first kappa shape index (κ1) is 17.2. The lowest BCUT2D eigenvalue weighted by atomic mass is 9.90. The lowest BCUT2D eigenvalue weighted by Crippen LogP contribution is -2.29. The molecule has 0 bridgehead atoms. The molecule has 0 saturated carbocycles. The molecule has 0 fully saturated rings. The minimum Gasteiger partial charge on any atom is -0.459 e. The highest BCUT2D eigenvalue weighted by atomic mass is 16.6. The predicted octanol–water partition coefficient (Wildman–Crippen LogP) is 3.35. The van der Waals surface area contributed by atoms with Gasteiger partial charge in [-0.05, 0) is 30.0 Å². The molecular formula is C17H22N2O4. The molecule has 2 aromatic rings. The molecule has 1 aromatic heterocycles. The maximum absolute atomic E-state index is 11.1. The lowest BCUT2D eigenvalue weighted by Gasteiger charge is -2.23. The number of rotatable bonds is 8. The molecule has 0 spiro atoms. The minimum atomic E-state index is -0.410. The highest BCUT2D eigenvalue weighted by Crippen LogP contribution is 2.30. The molecule has 6 nitrogen and oxygen atoms in total. The van der Waals surface area contributed by atoms with E-state index in [2.05, 4.69) is 19.2 Å². The van der Waals surface area contributed by atoms with E-state index in [1.807, 2.05) is 6.07 Å². The van der Waals surface area contributed by atoms with E-state index in [0.717, 1.165) is 18.7 Å². The van der Waals surface area contributed by atoms with E-state index < -0.39 is 4.92 Å². The van der Waals surface area contributed by atoms with E-state index >= 15 is 0 Å². The number of para-hydroxylation sites is 1. The number of hydrogen-bond donors (Lipinski definition) is 2. The highest BCUT2D eigenvalue weighted by molar-refractivity contribution is 5.69. The number of aliphatic hydroxyl groups excluding tert-OH is 1. The number of nitrogens with zero attached hydrogens (tertiary/aromatic N) is 1. The molecule has 0 atom stereocenters. The van der Waals surface area contributed by atoms with Gasteiger partial charge in [-0.15, -0.1) is 0 Å². The average molecular weight is 318 g/mol. The van der Waals surface area contributed by atoms with Crippen molar-refractivity contribution in [3.05, 3.63) is 52.3 Å². The third kappa shape index (κ3) is 4.64. The summed E-state index contributed by atoms with van der Waals surface area (Å²) in [6.07, 6.45) is 0.722. The number of furan rings is 1. The Bertz CT molecular complexity index is 664. The summed E-state index contributed by atoms with van der Waals surface area (Å²) in [5.74, 6) is 1.21. The number of benzene rings is 1. The van der Waals surface area contributed by atoms with Gasteiger partial charge in [0.2, 0.25) is 0 Å². The van der Waals surface area contributed by atoms with Crippen molar-refractivity contribution in [2.24, 2.45) is 5.41 Å². The van der Waals surface area contributed by atoms with Crippen LogP contribution >= 0.6 is 0 Å². The topological polar surface area (TPSA) is 88.5 Å². The zero-order valence-electron chi connectivity index (χ0n) is 13.4. The second kappa shape index (κ2) is 7.39. The van der Waals surface area contributed by atoms with Crippen molar-refractivity contribution in [3.63, 3.8) is 0 Å². The Balaban J connectivity index is 2.03. The zero-order chi connectivity index (χ0) is 16.9. The summed E-state index contributed by atoms with van der Waals surface area (Å²) in [5, 5.41) is 23.4. The molecule has 0 amide bonds. The Hall–Kier alpha value is -2.18. The molecule has 0 saturated heterocycles. The average Bonchev–Trinajstić information content (AvgIpc) is 2.95. The van der Waals surface area contributed by atoms with E-state index in [0.29, 0.717) is 17.9 Å². The van der Waals surface area contributed by atoms with E-state index in [1.165, 1.54) is 6.07 Å². The van der Waals surface area contributed by atoms with Crippen LogP contribution in [0.4, 0.5) is 5.69 Å². The van der Waals surface area contributed by atoms with Crippen molar-refractivity contribution in [1.82, 2.24) is 5.32 Å².